The maximum absolute atomic E-state index is 12.8. The highest BCUT2D eigenvalue weighted by molar-refractivity contribution is 6.01. The number of nitrogens with one attached hydrogen (secondary N) is 2. The molecule has 12 nitrogen and oxygen atoms in total. The normalized spacial score (nSPS) is 14.4. The molecule has 3 amide bonds. The molecule has 0 bridgehead atoms. The molecular formula is C27H31N3O9. The number of hydrazine groups is 1. The van der Waals surface area contributed by atoms with Gasteiger partial charge in [0.15, 0.2) is 6.61 Å². The van der Waals surface area contributed by atoms with E-state index in [1.807, 2.05) is 6.92 Å². The number of hydrogen-bond donors (Lipinski definition) is 2. The number of rotatable bonds is 12. The molecule has 1 fully saturated rings. The van der Waals surface area contributed by atoms with Crippen molar-refractivity contribution in [3.8, 4) is 11.5 Å². The van der Waals surface area contributed by atoms with Gasteiger partial charge in [-0.2, -0.15) is 0 Å². The molecule has 1 heterocycles. The van der Waals surface area contributed by atoms with Gasteiger partial charge < -0.3 is 24.3 Å². The first kappa shape index (κ1) is 29.0. The lowest BCUT2D eigenvalue weighted by atomic mass is 10.1. The van der Waals surface area contributed by atoms with Gasteiger partial charge in [0.05, 0.1) is 38.9 Å². The van der Waals surface area contributed by atoms with Crippen molar-refractivity contribution in [1.82, 2.24) is 10.4 Å². The number of unbranched alkanes of at least 4 members (excludes halogenated alkanes) is 1. The second-order valence-corrected chi connectivity index (χ2v) is 8.61. The van der Waals surface area contributed by atoms with Gasteiger partial charge in [-0.3, -0.25) is 29.6 Å². The Labute approximate surface area is 225 Å². The van der Waals surface area contributed by atoms with E-state index in [4.69, 9.17) is 18.9 Å². The number of amides is 3. The lowest BCUT2D eigenvalue weighted by molar-refractivity contribution is -0.151. The number of ether oxygens (including phenoxy) is 4. The Bertz CT molecular complexity index is 1190. The Morgan fingerprint density at radius 2 is 1.64 bits per heavy atom. The molecule has 2 aromatic rings. The van der Waals surface area contributed by atoms with Gasteiger partial charge in [-0.05, 0) is 42.8 Å². The fourth-order valence-corrected chi connectivity index (χ4v) is 3.76. The van der Waals surface area contributed by atoms with Crippen molar-refractivity contribution in [3.63, 3.8) is 0 Å². The minimum absolute atomic E-state index is 0.0967. The van der Waals surface area contributed by atoms with E-state index in [1.54, 1.807) is 18.2 Å². The van der Waals surface area contributed by atoms with Crippen LogP contribution in [0.1, 0.15) is 46.9 Å². The Balaban J connectivity index is 1.48. The number of benzene rings is 2. The monoisotopic (exact) mass is 541 g/mol. The summed E-state index contributed by atoms with van der Waals surface area (Å²) in [5.74, 6) is -3.31. The van der Waals surface area contributed by atoms with Crippen LogP contribution >= 0.6 is 0 Å². The number of methoxy groups -OCH3 is 2. The van der Waals surface area contributed by atoms with Crippen molar-refractivity contribution in [2.24, 2.45) is 5.92 Å². The molecule has 1 atom stereocenters. The summed E-state index contributed by atoms with van der Waals surface area (Å²) in [6.45, 7) is 1.63. The SMILES string of the molecule is CCCCOC(=O)c1ccc(NC(=O)COC(=O)[C@@H]2CC(=O)N(NC(=O)c3c(OC)cccc3OC)C2)cc1. The van der Waals surface area contributed by atoms with Crippen LogP contribution < -0.4 is 20.2 Å². The van der Waals surface area contributed by atoms with Gasteiger partial charge in [0.2, 0.25) is 5.91 Å². The van der Waals surface area contributed by atoms with Crippen molar-refractivity contribution in [2.45, 2.75) is 26.2 Å². The summed E-state index contributed by atoms with van der Waals surface area (Å²) < 4.78 is 20.6. The largest absolute Gasteiger partial charge is 0.496 e. The quantitative estimate of drug-likeness (QED) is 0.305. The zero-order valence-corrected chi connectivity index (χ0v) is 22.0. The Kier molecular flexibility index (Phi) is 10.2. The highest BCUT2D eigenvalue weighted by Gasteiger charge is 2.37. The van der Waals surface area contributed by atoms with E-state index in [1.165, 1.54) is 38.5 Å². The van der Waals surface area contributed by atoms with Gasteiger partial charge in [0.25, 0.3) is 11.8 Å². The maximum Gasteiger partial charge on any atom is 0.338 e. The zero-order valence-electron chi connectivity index (χ0n) is 22.0. The van der Waals surface area contributed by atoms with E-state index in [9.17, 15) is 24.0 Å². The van der Waals surface area contributed by atoms with E-state index < -0.39 is 42.2 Å². The van der Waals surface area contributed by atoms with Crippen LogP contribution in [0.3, 0.4) is 0 Å². The highest BCUT2D eigenvalue weighted by atomic mass is 16.5. The first-order chi connectivity index (χ1) is 18.8. The molecule has 3 rings (SSSR count). The minimum Gasteiger partial charge on any atom is -0.496 e. The van der Waals surface area contributed by atoms with Crippen molar-refractivity contribution in [3.05, 3.63) is 53.6 Å². The Hall–Kier alpha value is -4.61. The second-order valence-electron chi connectivity index (χ2n) is 8.61. The number of carbonyl (C=O) groups excluding carboxylic acids is 5. The molecule has 1 aliphatic heterocycles. The second kappa shape index (κ2) is 13.8. The van der Waals surface area contributed by atoms with Crippen LogP contribution in [-0.2, 0) is 23.9 Å². The average Bonchev–Trinajstić information content (AvgIpc) is 3.31. The fraction of sp³-hybridized carbons (Fsp3) is 0.370. The van der Waals surface area contributed by atoms with Crippen LogP contribution in [0.25, 0.3) is 0 Å². The molecule has 39 heavy (non-hydrogen) atoms. The van der Waals surface area contributed by atoms with E-state index in [2.05, 4.69) is 10.7 Å². The lowest BCUT2D eigenvalue weighted by Crippen LogP contribution is -2.43. The van der Waals surface area contributed by atoms with Gasteiger partial charge in [0, 0.05) is 12.1 Å². The number of nitrogens with zero attached hydrogens (tertiary/aromatic N) is 1. The van der Waals surface area contributed by atoms with Crippen molar-refractivity contribution < 1.29 is 42.9 Å². The van der Waals surface area contributed by atoms with Crippen LogP contribution in [0.4, 0.5) is 5.69 Å². The van der Waals surface area contributed by atoms with Crippen LogP contribution in [0.2, 0.25) is 0 Å². The molecule has 12 heteroatoms. The highest BCUT2D eigenvalue weighted by Crippen LogP contribution is 2.28. The molecule has 2 aromatic carbocycles. The molecule has 0 aromatic heterocycles. The smallest absolute Gasteiger partial charge is 0.338 e. The average molecular weight is 542 g/mol. The number of hydrogen-bond acceptors (Lipinski definition) is 9. The maximum atomic E-state index is 12.8. The molecule has 0 unspecified atom stereocenters. The van der Waals surface area contributed by atoms with Crippen molar-refractivity contribution >= 4 is 35.3 Å². The van der Waals surface area contributed by atoms with Gasteiger partial charge in [-0.1, -0.05) is 19.4 Å². The summed E-state index contributed by atoms with van der Waals surface area (Å²) in [4.78, 5) is 61.9. The Morgan fingerprint density at radius 1 is 0.974 bits per heavy atom. The molecular weight excluding hydrogens is 510 g/mol. The Morgan fingerprint density at radius 3 is 2.26 bits per heavy atom. The van der Waals surface area contributed by atoms with E-state index >= 15 is 0 Å². The van der Waals surface area contributed by atoms with Crippen LogP contribution in [-0.4, -0.2) is 68.6 Å². The van der Waals surface area contributed by atoms with E-state index in [-0.39, 0.29) is 30.0 Å². The first-order valence-corrected chi connectivity index (χ1v) is 12.3. The third kappa shape index (κ3) is 7.69. The summed E-state index contributed by atoms with van der Waals surface area (Å²) in [5, 5.41) is 3.59. The summed E-state index contributed by atoms with van der Waals surface area (Å²) in [6, 6.07) is 10.9. The predicted molar refractivity (Wildman–Crippen MR) is 138 cm³/mol. The summed E-state index contributed by atoms with van der Waals surface area (Å²) in [5.41, 5.74) is 3.31. The number of esters is 2. The van der Waals surface area contributed by atoms with Crippen LogP contribution in [0, 0.1) is 5.92 Å². The molecule has 0 spiro atoms. The molecule has 2 N–H and O–H groups in total. The molecule has 0 saturated carbocycles. The van der Waals surface area contributed by atoms with Crippen molar-refractivity contribution in [1.29, 1.82) is 0 Å². The predicted octanol–water partition coefficient (Wildman–Crippen LogP) is 2.34. The van der Waals surface area contributed by atoms with Gasteiger partial charge in [-0.15, -0.1) is 0 Å². The first-order valence-electron chi connectivity index (χ1n) is 12.3. The summed E-state index contributed by atoms with van der Waals surface area (Å²) in [7, 11) is 2.80. The molecule has 1 saturated heterocycles. The fourth-order valence-electron chi connectivity index (χ4n) is 3.76. The number of anilines is 1. The standard InChI is InChI=1S/C27H31N3O9/c1-4-5-13-38-26(34)17-9-11-19(12-10-17)28-22(31)16-39-27(35)18-14-23(32)30(15-18)29-25(33)24-20(36-2)7-6-8-21(24)37-3/h6-12,18H,4-5,13-16H2,1-3H3,(H,28,31)(H,29,33)/t18-/m1/s1. The zero-order chi connectivity index (χ0) is 28.4. The van der Waals surface area contributed by atoms with Crippen molar-refractivity contribution in [2.75, 3.05) is 39.3 Å². The molecule has 1 aliphatic rings. The van der Waals surface area contributed by atoms with E-state index in [0.29, 0.717) is 17.9 Å². The third-order valence-electron chi connectivity index (χ3n) is 5.83. The minimum atomic E-state index is -0.872. The topological polar surface area (TPSA) is 150 Å². The van der Waals surface area contributed by atoms with Gasteiger partial charge in [0.1, 0.15) is 17.1 Å². The molecule has 208 valence electrons. The van der Waals surface area contributed by atoms with Gasteiger partial charge in [-0.25, -0.2) is 4.79 Å². The molecule has 0 aliphatic carbocycles. The van der Waals surface area contributed by atoms with Gasteiger partial charge >= 0.3 is 11.9 Å². The molecule has 0 radical (unpaired) electrons. The summed E-state index contributed by atoms with van der Waals surface area (Å²) in [6.07, 6.45) is 1.49. The lowest BCUT2D eigenvalue weighted by Gasteiger charge is -2.19. The summed E-state index contributed by atoms with van der Waals surface area (Å²) >= 11 is 0. The third-order valence-corrected chi connectivity index (χ3v) is 5.83. The van der Waals surface area contributed by atoms with E-state index in [0.717, 1.165) is 17.9 Å². The number of carbonyl (C=O) groups is 5. The van der Waals surface area contributed by atoms with Crippen LogP contribution in [0.5, 0.6) is 11.5 Å². The van der Waals surface area contributed by atoms with Crippen LogP contribution in [0.15, 0.2) is 42.5 Å².